The predicted octanol–water partition coefficient (Wildman–Crippen LogP) is 3.82. The maximum atomic E-state index is 12.9. The molecule has 0 aromatic heterocycles. The molecule has 1 amide bonds. The Kier molecular flexibility index (Phi) is 3.66. The van der Waals surface area contributed by atoms with Gasteiger partial charge in [0.05, 0.1) is 6.10 Å². The number of carbonyl (C=O) groups is 1. The quantitative estimate of drug-likeness (QED) is 0.902. The van der Waals surface area contributed by atoms with E-state index in [1.807, 2.05) is 36.1 Å². The topological polar surface area (TPSA) is 40.5 Å². The third kappa shape index (κ3) is 2.43. The second-order valence-corrected chi connectivity index (χ2v) is 7.40. The Labute approximate surface area is 146 Å². The second-order valence-electron chi connectivity index (χ2n) is 6.96. The van der Waals surface area contributed by atoms with Crippen LogP contribution in [0.4, 0.5) is 0 Å². The first kappa shape index (κ1) is 15.7. The van der Waals surface area contributed by atoms with E-state index in [-0.39, 0.29) is 11.9 Å². The van der Waals surface area contributed by atoms with Crippen LogP contribution in [-0.2, 0) is 19.4 Å². The summed E-state index contributed by atoms with van der Waals surface area (Å²) in [4.78, 5) is 14.9. The lowest BCUT2D eigenvalue weighted by molar-refractivity contribution is 0.0709. The molecule has 24 heavy (non-hydrogen) atoms. The van der Waals surface area contributed by atoms with Gasteiger partial charge in [-0.05, 0) is 72.7 Å². The molecular weight excluding hydrogens is 322 g/mol. The van der Waals surface area contributed by atoms with E-state index < -0.39 is 6.10 Å². The first-order valence-electron chi connectivity index (χ1n) is 8.34. The summed E-state index contributed by atoms with van der Waals surface area (Å²) in [6, 6.07) is 10.1. The van der Waals surface area contributed by atoms with Gasteiger partial charge in [-0.1, -0.05) is 23.7 Å². The second kappa shape index (κ2) is 5.61. The third-order valence-electron chi connectivity index (χ3n) is 5.22. The fourth-order valence-electron chi connectivity index (χ4n) is 4.06. The van der Waals surface area contributed by atoms with Crippen molar-refractivity contribution in [1.82, 2.24) is 4.90 Å². The molecule has 1 aliphatic carbocycles. The standard InChI is InChI=1S/C20H20ClNO2/c1-11-5-17(12(2)23)19-10-22(20(24)18(19)6-11)16-8-13-3-4-15(21)7-14(13)9-16/h3-7,12,16,23H,8-10H2,1-2H3. The van der Waals surface area contributed by atoms with Crippen molar-refractivity contribution in [1.29, 1.82) is 0 Å². The number of halogens is 1. The van der Waals surface area contributed by atoms with Crippen molar-refractivity contribution in [3.8, 4) is 0 Å². The number of hydrogen-bond donors (Lipinski definition) is 1. The summed E-state index contributed by atoms with van der Waals surface area (Å²) in [6.45, 7) is 4.31. The molecule has 3 nitrogen and oxygen atoms in total. The van der Waals surface area contributed by atoms with Gasteiger partial charge in [-0.3, -0.25) is 4.79 Å². The van der Waals surface area contributed by atoms with Crippen LogP contribution >= 0.6 is 11.6 Å². The van der Waals surface area contributed by atoms with Crippen LogP contribution in [0.5, 0.6) is 0 Å². The molecule has 0 radical (unpaired) electrons. The minimum absolute atomic E-state index is 0.0829. The van der Waals surface area contributed by atoms with E-state index in [0.717, 1.165) is 40.1 Å². The third-order valence-corrected chi connectivity index (χ3v) is 5.45. The van der Waals surface area contributed by atoms with E-state index in [4.69, 9.17) is 11.6 Å². The fourth-order valence-corrected chi connectivity index (χ4v) is 4.25. The SMILES string of the molecule is Cc1cc2c(c(C(C)O)c1)CN(C1Cc3ccc(Cl)cc3C1)C2=O. The minimum Gasteiger partial charge on any atom is -0.389 e. The monoisotopic (exact) mass is 341 g/mol. The van der Waals surface area contributed by atoms with Crippen molar-refractivity contribution in [2.45, 2.75) is 45.4 Å². The van der Waals surface area contributed by atoms with Crippen molar-refractivity contribution in [2.24, 2.45) is 0 Å². The first-order chi connectivity index (χ1) is 11.4. The Bertz CT molecular complexity index is 844. The smallest absolute Gasteiger partial charge is 0.254 e. The number of fused-ring (bicyclic) bond motifs is 2. The normalized spacial score (nSPS) is 20.2. The van der Waals surface area contributed by atoms with E-state index in [1.165, 1.54) is 11.1 Å². The number of rotatable bonds is 2. The molecule has 1 aliphatic heterocycles. The number of hydrogen-bond acceptors (Lipinski definition) is 2. The number of carbonyl (C=O) groups excluding carboxylic acids is 1. The van der Waals surface area contributed by atoms with Crippen LogP contribution in [0.25, 0.3) is 0 Å². The molecule has 2 atom stereocenters. The fraction of sp³-hybridized carbons (Fsp3) is 0.350. The Morgan fingerprint density at radius 1 is 1.21 bits per heavy atom. The van der Waals surface area contributed by atoms with Gasteiger partial charge in [-0.25, -0.2) is 0 Å². The summed E-state index contributed by atoms with van der Waals surface area (Å²) < 4.78 is 0. The highest BCUT2D eigenvalue weighted by atomic mass is 35.5. The van der Waals surface area contributed by atoms with Gasteiger partial charge in [0.15, 0.2) is 0 Å². The molecule has 2 aromatic carbocycles. The maximum absolute atomic E-state index is 12.9. The summed E-state index contributed by atoms with van der Waals surface area (Å²) in [5.41, 5.74) is 6.14. The summed E-state index contributed by atoms with van der Waals surface area (Å²) in [7, 11) is 0. The zero-order chi connectivity index (χ0) is 17.0. The number of benzene rings is 2. The number of nitrogens with zero attached hydrogens (tertiary/aromatic N) is 1. The number of aliphatic hydroxyl groups excluding tert-OH is 1. The Morgan fingerprint density at radius 3 is 2.71 bits per heavy atom. The molecule has 2 aromatic rings. The predicted molar refractivity (Wildman–Crippen MR) is 94.3 cm³/mol. The highest BCUT2D eigenvalue weighted by Crippen LogP contribution is 2.36. The summed E-state index contributed by atoms with van der Waals surface area (Å²) in [5, 5.41) is 10.8. The van der Waals surface area contributed by atoms with Crippen molar-refractivity contribution >= 4 is 17.5 Å². The zero-order valence-corrected chi connectivity index (χ0v) is 14.6. The average molecular weight is 342 g/mol. The highest BCUT2D eigenvalue weighted by Gasteiger charge is 2.37. The largest absolute Gasteiger partial charge is 0.389 e. The number of aliphatic hydroxyl groups is 1. The van der Waals surface area contributed by atoms with E-state index in [0.29, 0.717) is 6.54 Å². The minimum atomic E-state index is -0.564. The maximum Gasteiger partial charge on any atom is 0.254 e. The van der Waals surface area contributed by atoms with Gasteiger partial charge in [0.2, 0.25) is 0 Å². The molecule has 0 bridgehead atoms. The lowest BCUT2D eigenvalue weighted by atomic mass is 9.97. The molecule has 0 spiro atoms. The lowest BCUT2D eigenvalue weighted by Crippen LogP contribution is -2.36. The first-order valence-corrected chi connectivity index (χ1v) is 8.71. The van der Waals surface area contributed by atoms with Gasteiger partial charge < -0.3 is 10.0 Å². The molecule has 0 saturated carbocycles. The summed E-state index contributed by atoms with van der Waals surface area (Å²) >= 11 is 6.10. The van der Waals surface area contributed by atoms with Crippen molar-refractivity contribution in [3.05, 3.63) is 68.7 Å². The van der Waals surface area contributed by atoms with Crippen molar-refractivity contribution in [2.75, 3.05) is 0 Å². The summed E-state index contributed by atoms with van der Waals surface area (Å²) in [6.07, 6.45) is 1.15. The van der Waals surface area contributed by atoms with Crippen LogP contribution in [0.1, 0.15) is 51.2 Å². The van der Waals surface area contributed by atoms with Crippen LogP contribution in [0.3, 0.4) is 0 Å². The molecular formula is C20H20ClNO2. The molecule has 1 heterocycles. The van der Waals surface area contributed by atoms with Crippen LogP contribution in [-0.4, -0.2) is 22.0 Å². The van der Waals surface area contributed by atoms with Gasteiger partial charge in [0.1, 0.15) is 0 Å². The summed E-state index contributed by atoms with van der Waals surface area (Å²) in [5.74, 6) is 0.0829. The van der Waals surface area contributed by atoms with Gasteiger partial charge in [-0.15, -0.1) is 0 Å². The molecule has 4 rings (SSSR count). The van der Waals surface area contributed by atoms with Gasteiger partial charge in [-0.2, -0.15) is 0 Å². The Morgan fingerprint density at radius 2 is 1.96 bits per heavy atom. The molecule has 0 saturated heterocycles. The average Bonchev–Trinajstić information content (AvgIpc) is 3.07. The van der Waals surface area contributed by atoms with Crippen LogP contribution < -0.4 is 0 Å². The van der Waals surface area contributed by atoms with E-state index >= 15 is 0 Å². The molecule has 124 valence electrons. The molecule has 1 N–H and O–H groups in total. The molecule has 2 unspecified atom stereocenters. The van der Waals surface area contributed by atoms with Gasteiger partial charge in [0.25, 0.3) is 5.91 Å². The van der Waals surface area contributed by atoms with Crippen LogP contribution in [0, 0.1) is 6.92 Å². The van der Waals surface area contributed by atoms with Crippen molar-refractivity contribution in [3.63, 3.8) is 0 Å². The highest BCUT2D eigenvalue weighted by molar-refractivity contribution is 6.30. The van der Waals surface area contributed by atoms with Gasteiger partial charge in [0, 0.05) is 23.2 Å². The number of amides is 1. The van der Waals surface area contributed by atoms with E-state index in [2.05, 4.69) is 6.07 Å². The lowest BCUT2D eigenvalue weighted by Gasteiger charge is -2.23. The molecule has 4 heteroatoms. The van der Waals surface area contributed by atoms with Crippen LogP contribution in [0.15, 0.2) is 30.3 Å². The van der Waals surface area contributed by atoms with E-state index in [1.54, 1.807) is 6.92 Å². The molecule has 0 fully saturated rings. The molecule has 2 aliphatic rings. The Balaban J connectivity index is 1.66. The van der Waals surface area contributed by atoms with Crippen molar-refractivity contribution < 1.29 is 9.90 Å². The van der Waals surface area contributed by atoms with Crippen LogP contribution in [0.2, 0.25) is 5.02 Å². The van der Waals surface area contributed by atoms with E-state index in [9.17, 15) is 9.90 Å². The Hall–Kier alpha value is -1.84. The zero-order valence-electron chi connectivity index (χ0n) is 13.8. The number of aryl methyl sites for hydroxylation is 1. The van der Waals surface area contributed by atoms with Gasteiger partial charge >= 0.3 is 0 Å².